The van der Waals surface area contributed by atoms with Crippen LogP contribution >= 0.6 is 0 Å². The Bertz CT molecular complexity index is 719. The Hall–Kier alpha value is -2.30. The number of imidazole rings is 1. The molecule has 0 saturated carbocycles. The molecule has 2 aromatic rings. The van der Waals surface area contributed by atoms with Crippen LogP contribution in [0.1, 0.15) is 13.2 Å². The van der Waals surface area contributed by atoms with E-state index in [1.165, 1.54) is 17.2 Å². The van der Waals surface area contributed by atoms with Crippen molar-refractivity contribution >= 4 is 23.0 Å². The molecule has 22 heavy (non-hydrogen) atoms. The number of aromatic nitrogens is 4. The van der Waals surface area contributed by atoms with E-state index >= 15 is 0 Å². The summed E-state index contributed by atoms with van der Waals surface area (Å²) in [4.78, 5) is 22.9. The number of nitrogen functional groups attached to an aromatic ring is 1. The molecule has 0 spiro atoms. The first kappa shape index (κ1) is 14.6. The van der Waals surface area contributed by atoms with Crippen molar-refractivity contribution < 1.29 is 24.9 Å². The summed E-state index contributed by atoms with van der Waals surface area (Å²) in [5, 5.41) is 28.6. The Morgan fingerprint density at radius 1 is 1.45 bits per heavy atom. The molecule has 2 aromatic heterocycles. The summed E-state index contributed by atoms with van der Waals surface area (Å²) in [5.41, 5.74) is 6.50. The van der Waals surface area contributed by atoms with Crippen molar-refractivity contribution in [3.05, 3.63) is 12.7 Å². The van der Waals surface area contributed by atoms with Gasteiger partial charge in [-0.1, -0.05) is 6.92 Å². The van der Waals surface area contributed by atoms with Crippen LogP contribution in [0.25, 0.3) is 11.2 Å². The number of carboxylic acid groups (broad SMARTS) is 1. The quantitative estimate of drug-likeness (QED) is 0.543. The normalized spacial score (nSPS) is 29.8. The first-order chi connectivity index (χ1) is 10.4. The van der Waals surface area contributed by atoms with Crippen LogP contribution in [0.3, 0.4) is 0 Å². The lowest BCUT2D eigenvalue weighted by molar-refractivity contribution is -0.160. The molecule has 0 radical (unpaired) electrons. The molecule has 3 rings (SSSR count). The van der Waals surface area contributed by atoms with Crippen molar-refractivity contribution in [2.45, 2.75) is 31.5 Å². The van der Waals surface area contributed by atoms with E-state index in [0.717, 1.165) is 0 Å². The lowest BCUT2D eigenvalue weighted by atomic mass is 9.99. The van der Waals surface area contributed by atoms with Gasteiger partial charge in [-0.25, -0.2) is 19.7 Å². The Morgan fingerprint density at radius 2 is 2.18 bits per heavy atom. The van der Waals surface area contributed by atoms with Crippen LogP contribution in [0.15, 0.2) is 12.7 Å². The Labute approximate surface area is 124 Å². The van der Waals surface area contributed by atoms with Crippen LogP contribution in [0, 0.1) is 5.92 Å². The molecule has 10 nitrogen and oxygen atoms in total. The van der Waals surface area contributed by atoms with Gasteiger partial charge in [-0.3, -0.25) is 4.57 Å². The number of hydrogen-bond donors (Lipinski definition) is 4. The second kappa shape index (κ2) is 5.16. The lowest BCUT2D eigenvalue weighted by Crippen LogP contribution is -2.41. The number of rotatable bonds is 3. The molecule has 0 amide bonds. The smallest absolute Gasteiger partial charge is 0.335 e. The maximum Gasteiger partial charge on any atom is 0.335 e. The van der Waals surface area contributed by atoms with Crippen molar-refractivity contribution in [2.75, 3.05) is 5.73 Å². The molecule has 1 fully saturated rings. The summed E-state index contributed by atoms with van der Waals surface area (Å²) in [6.07, 6.45) is -2.23. The molecule has 5 N–H and O–H groups in total. The van der Waals surface area contributed by atoms with Crippen molar-refractivity contribution in [1.29, 1.82) is 0 Å². The Morgan fingerprint density at radius 3 is 2.86 bits per heavy atom. The average molecular weight is 309 g/mol. The molecule has 3 heterocycles. The summed E-state index contributed by atoms with van der Waals surface area (Å²) in [6, 6.07) is 0. The molecule has 10 heteroatoms. The predicted octanol–water partition coefficient (Wildman–Crippen LogP) is -1.25. The number of anilines is 1. The van der Waals surface area contributed by atoms with Crippen LogP contribution in [0.5, 0.6) is 0 Å². The van der Waals surface area contributed by atoms with Crippen LogP contribution in [-0.2, 0) is 9.53 Å². The molecule has 118 valence electrons. The van der Waals surface area contributed by atoms with Crippen molar-refractivity contribution in [3.8, 4) is 0 Å². The van der Waals surface area contributed by atoms with Crippen molar-refractivity contribution in [3.63, 3.8) is 0 Å². The molecular weight excluding hydrogens is 294 g/mol. The zero-order valence-electron chi connectivity index (χ0n) is 11.6. The van der Waals surface area contributed by atoms with Gasteiger partial charge in [-0.15, -0.1) is 0 Å². The van der Waals surface area contributed by atoms with E-state index in [2.05, 4.69) is 15.0 Å². The molecule has 0 aromatic carbocycles. The highest BCUT2D eigenvalue weighted by molar-refractivity contribution is 5.81. The van der Waals surface area contributed by atoms with E-state index in [1.54, 1.807) is 6.92 Å². The highest BCUT2D eigenvalue weighted by atomic mass is 16.6. The number of aliphatic hydroxyl groups excluding tert-OH is 2. The van der Waals surface area contributed by atoms with Gasteiger partial charge in [0.25, 0.3) is 0 Å². The van der Waals surface area contributed by atoms with Gasteiger partial charge in [-0.05, 0) is 0 Å². The molecule has 2 unspecified atom stereocenters. The minimum Gasteiger partial charge on any atom is -0.479 e. The van der Waals surface area contributed by atoms with E-state index in [4.69, 9.17) is 15.6 Å². The molecule has 5 atom stereocenters. The second-order valence-electron chi connectivity index (χ2n) is 5.21. The molecular formula is C12H15N5O5. The van der Waals surface area contributed by atoms with E-state index < -0.39 is 36.4 Å². The summed E-state index contributed by atoms with van der Waals surface area (Å²) >= 11 is 0. The van der Waals surface area contributed by atoms with Crippen LogP contribution < -0.4 is 5.73 Å². The van der Waals surface area contributed by atoms with Gasteiger partial charge in [0.05, 0.1) is 12.4 Å². The molecule has 1 aliphatic rings. The van der Waals surface area contributed by atoms with Gasteiger partial charge < -0.3 is 25.8 Å². The van der Waals surface area contributed by atoms with Gasteiger partial charge >= 0.3 is 5.97 Å². The number of aliphatic carboxylic acids is 1. The third-order valence-electron chi connectivity index (χ3n) is 3.85. The monoisotopic (exact) mass is 309 g/mol. The molecule has 0 bridgehead atoms. The minimum atomic E-state index is -1.82. The van der Waals surface area contributed by atoms with Gasteiger partial charge in [0.15, 0.2) is 17.6 Å². The number of ether oxygens (including phenoxy) is 1. The molecule has 1 saturated heterocycles. The fraction of sp³-hybridized carbons (Fsp3) is 0.500. The largest absolute Gasteiger partial charge is 0.479 e. The maximum absolute atomic E-state index is 10.9. The van der Waals surface area contributed by atoms with E-state index in [9.17, 15) is 15.0 Å². The Kier molecular flexibility index (Phi) is 3.43. The van der Waals surface area contributed by atoms with E-state index in [0.29, 0.717) is 11.2 Å². The fourth-order valence-corrected chi connectivity index (χ4v) is 2.61. The molecule has 1 aliphatic heterocycles. The summed E-state index contributed by atoms with van der Waals surface area (Å²) in [6.45, 7) is 1.68. The van der Waals surface area contributed by atoms with Gasteiger partial charge in [0, 0.05) is 5.92 Å². The van der Waals surface area contributed by atoms with E-state index in [-0.39, 0.29) is 5.82 Å². The second-order valence-corrected chi connectivity index (χ2v) is 5.21. The number of carboxylic acids is 1. The van der Waals surface area contributed by atoms with E-state index in [1.807, 2.05) is 0 Å². The number of fused-ring (bicyclic) bond motifs is 1. The number of nitrogens with zero attached hydrogens (tertiary/aromatic N) is 4. The summed E-state index contributed by atoms with van der Waals surface area (Å²) < 4.78 is 7.08. The number of hydrogen-bond acceptors (Lipinski definition) is 8. The standard InChI is InChI=1S/C12H15N5O5/c1-4-6(18)8(7(19)12(20)21)22-11(4)17-3-16-5-9(13)14-2-15-10(5)17/h2-4,6-8,11,18-19H,1H3,(H,20,21)(H2,13,14,15)/t4?,6-,7?,8-,11+/m0/s1. The molecule has 0 aliphatic carbocycles. The highest BCUT2D eigenvalue weighted by Crippen LogP contribution is 2.37. The van der Waals surface area contributed by atoms with Crippen LogP contribution in [0.4, 0.5) is 5.82 Å². The zero-order chi connectivity index (χ0) is 16.0. The maximum atomic E-state index is 10.9. The fourth-order valence-electron chi connectivity index (χ4n) is 2.61. The predicted molar refractivity (Wildman–Crippen MR) is 72.5 cm³/mol. The van der Waals surface area contributed by atoms with Crippen LogP contribution in [0.2, 0.25) is 0 Å². The van der Waals surface area contributed by atoms with Crippen molar-refractivity contribution in [1.82, 2.24) is 19.5 Å². The van der Waals surface area contributed by atoms with Gasteiger partial charge in [0.1, 0.15) is 24.2 Å². The third-order valence-corrected chi connectivity index (χ3v) is 3.85. The summed E-state index contributed by atoms with van der Waals surface area (Å²) in [5.74, 6) is -1.73. The highest BCUT2D eigenvalue weighted by Gasteiger charge is 2.47. The summed E-state index contributed by atoms with van der Waals surface area (Å²) in [7, 11) is 0. The number of carbonyl (C=O) groups is 1. The van der Waals surface area contributed by atoms with Crippen LogP contribution in [-0.4, -0.2) is 59.1 Å². The average Bonchev–Trinajstić information content (AvgIpc) is 3.02. The third kappa shape index (κ3) is 2.08. The topological polar surface area (TPSA) is 157 Å². The van der Waals surface area contributed by atoms with Gasteiger partial charge in [0.2, 0.25) is 0 Å². The number of aliphatic hydroxyl groups is 2. The first-order valence-electron chi connectivity index (χ1n) is 6.59. The SMILES string of the molecule is CC1[C@H](n2cnc3c(N)ncnc32)O[C@H](C(O)C(=O)O)[C@H]1O. The lowest BCUT2D eigenvalue weighted by Gasteiger charge is -2.18. The van der Waals surface area contributed by atoms with Gasteiger partial charge in [-0.2, -0.15) is 0 Å². The van der Waals surface area contributed by atoms with Crippen molar-refractivity contribution in [2.24, 2.45) is 5.92 Å². The zero-order valence-corrected chi connectivity index (χ0v) is 11.6. The first-order valence-corrected chi connectivity index (χ1v) is 6.59. The Balaban J connectivity index is 1.98. The number of nitrogens with two attached hydrogens (primary N) is 1. The minimum absolute atomic E-state index is 0.206.